The van der Waals surface area contributed by atoms with Gasteiger partial charge in [-0.05, 0) is 26.2 Å². The van der Waals surface area contributed by atoms with Gasteiger partial charge in [0.2, 0.25) is 5.82 Å². The topological polar surface area (TPSA) is 73.0 Å². The summed E-state index contributed by atoms with van der Waals surface area (Å²) in [6, 6.07) is 0.0832. The van der Waals surface area contributed by atoms with E-state index in [2.05, 4.69) is 31.2 Å². The van der Waals surface area contributed by atoms with Crippen molar-refractivity contribution in [2.45, 2.75) is 47.6 Å². The summed E-state index contributed by atoms with van der Waals surface area (Å²) in [6.45, 7) is 12.5. The Hall–Kier alpha value is -1.59. The minimum absolute atomic E-state index is 0.0495. The molecule has 0 radical (unpaired) electrons. The number of anilines is 1. The van der Waals surface area contributed by atoms with Crippen molar-refractivity contribution in [2.75, 3.05) is 11.9 Å². The largest absolute Gasteiger partial charge is 0.364 e. The maximum atomic E-state index is 11.1. The lowest BCUT2D eigenvalue weighted by Crippen LogP contribution is -2.21. The van der Waals surface area contributed by atoms with Crippen molar-refractivity contribution in [1.29, 1.82) is 0 Å². The molecule has 0 amide bonds. The van der Waals surface area contributed by atoms with Gasteiger partial charge in [0, 0.05) is 12.6 Å². The first kappa shape index (κ1) is 14.5. The quantitative estimate of drug-likeness (QED) is 0.661. The van der Waals surface area contributed by atoms with Crippen LogP contribution < -0.4 is 5.32 Å². The summed E-state index contributed by atoms with van der Waals surface area (Å²) in [5.41, 5.74) is 0.575. The maximum absolute atomic E-state index is 11.1. The predicted molar refractivity (Wildman–Crippen MR) is 71.9 cm³/mol. The highest BCUT2D eigenvalue weighted by Crippen LogP contribution is 2.31. The molecule has 0 aliphatic rings. The van der Waals surface area contributed by atoms with Crippen LogP contribution in [0.4, 0.5) is 11.5 Å². The third kappa shape index (κ3) is 3.21. The molecule has 0 unspecified atom stereocenters. The monoisotopic (exact) mass is 254 g/mol. The molecule has 0 aliphatic heterocycles. The molecule has 6 nitrogen and oxygen atoms in total. The SMILES string of the molecule is Cc1nn(C(C)C)c(NCC(C)(C)C)c1[N+](=O)[O-]. The molecule has 1 heterocycles. The molecule has 102 valence electrons. The van der Waals surface area contributed by atoms with Crippen molar-refractivity contribution >= 4 is 11.5 Å². The number of nitrogens with one attached hydrogen (secondary N) is 1. The van der Waals surface area contributed by atoms with Gasteiger partial charge < -0.3 is 5.32 Å². The third-order valence-electron chi connectivity index (χ3n) is 2.51. The first-order chi connectivity index (χ1) is 8.13. The standard InChI is InChI=1S/C12H22N4O2/c1-8(2)15-11(13-7-12(4,5)6)10(16(17)18)9(3)14-15/h8,13H,7H2,1-6H3. The van der Waals surface area contributed by atoms with Gasteiger partial charge in [0.05, 0.1) is 4.92 Å². The van der Waals surface area contributed by atoms with Gasteiger partial charge in [-0.15, -0.1) is 0 Å². The molecule has 6 heteroatoms. The van der Waals surface area contributed by atoms with Gasteiger partial charge in [-0.3, -0.25) is 10.1 Å². The Morgan fingerprint density at radius 1 is 1.44 bits per heavy atom. The van der Waals surface area contributed by atoms with Crippen molar-refractivity contribution in [3.05, 3.63) is 15.8 Å². The molecule has 0 atom stereocenters. The van der Waals surface area contributed by atoms with Gasteiger partial charge in [-0.2, -0.15) is 5.10 Å². The number of aryl methyl sites for hydroxylation is 1. The lowest BCUT2D eigenvalue weighted by molar-refractivity contribution is -0.384. The number of hydrogen-bond donors (Lipinski definition) is 1. The Bertz CT molecular complexity index is 444. The molecule has 1 aromatic rings. The van der Waals surface area contributed by atoms with Crippen molar-refractivity contribution in [2.24, 2.45) is 5.41 Å². The molecule has 0 aliphatic carbocycles. The average molecular weight is 254 g/mol. The number of nitro groups is 1. The number of aromatic nitrogens is 2. The summed E-state index contributed by atoms with van der Waals surface area (Å²) in [4.78, 5) is 10.7. The van der Waals surface area contributed by atoms with Gasteiger partial charge >= 0.3 is 5.69 Å². The summed E-state index contributed by atoms with van der Waals surface area (Å²) < 4.78 is 1.68. The van der Waals surface area contributed by atoms with Crippen molar-refractivity contribution in [3.8, 4) is 0 Å². The van der Waals surface area contributed by atoms with E-state index >= 15 is 0 Å². The van der Waals surface area contributed by atoms with Crippen LogP contribution in [0.5, 0.6) is 0 Å². The van der Waals surface area contributed by atoms with Crippen LogP contribution in [0.1, 0.15) is 46.4 Å². The summed E-state index contributed by atoms with van der Waals surface area (Å²) >= 11 is 0. The Morgan fingerprint density at radius 3 is 2.39 bits per heavy atom. The minimum atomic E-state index is -0.369. The van der Waals surface area contributed by atoms with Gasteiger partial charge in [0.1, 0.15) is 5.69 Å². The van der Waals surface area contributed by atoms with Gasteiger partial charge in [-0.25, -0.2) is 4.68 Å². The minimum Gasteiger partial charge on any atom is -0.364 e. The molecule has 18 heavy (non-hydrogen) atoms. The zero-order valence-corrected chi connectivity index (χ0v) is 11.9. The fourth-order valence-corrected chi connectivity index (χ4v) is 1.64. The highest BCUT2D eigenvalue weighted by Gasteiger charge is 2.27. The zero-order valence-electron chi connectivity index (χ0n) is 11.9. The first-order valence-corrected chi connectivity index (χ1v) is 6.11. The number of nitrogens with zero attached hydrogens (tertiary/aromatic N) is 3. The number of hydrogen-bond acceptors (Lipinski definition) is 4. The summed E-state index contributed by atoms with van der Waals surface area (Å²) in [7, 11) is 0. The van der Waals surface area contributed by atoms with Gasteiger partial charge in [-0.1, -0.05) is 20.8 Å². The van der Waals surface area contributed by atoms with E-state index in [1.165, 1.54) is 0 Å². The third-order valence-corrected chi connectivity index (χ3v) is 2.51. The molecule has 0 spiro atoms. The molecule has 1 N–H and O–H groups in total. The molecule has 0 saturated carbocycles. The molecule has 0 bridgehead atoms. The van der Waals surface area contributed by atoms with E-state index in [1.807, 2.05) is 13.8 Å². The Labute approximate surface area is 108 Å². The van der Waals surface area contributed by atoms with E-state index < -0.39 is 0 Å². The second-order valence-electron chi connectivity index (χ2n) is 5.99. The second kappa shape index (κ2) is 4.96. The Balaban J connectivity index is 3.16. The van der Waals surface area contributed by atoms with Crippen LogP contribution in [-0.4, -0.2) is 21.2 Å². The van der Waals surface area contributed by atoms with Crippen LogP contribution in [0.25, 0.3) is 0 Å². The van der Waals surface area contributed by atoms with Crippen molar-refractivity contribution in [1.82, 2.24) is 9.78 Å². The van der Waals surface area contributed by atoms with Crippen LogP contribution in [0.3, 0.4) is 0 Å². The zero-order chi connectivity index (χ0) is 14.1. The van der Waals surface area contributed by atoms with Crippen molar-refractivity contribution in [3.63, 3.8) is 0 Å². The predicted octanol–water partition coefficient (Wildman–Crippen LogP) is 3.14. The van der Waals surface area contributed by atoms with Crippen LogP contribution in [0.15, 0.2) is 0 Å². The fourth-order valence-electron chi connectivity index (χ4n) is 1.64. The summed E-state index contributed by atoms with van der Waals surface area (Å²) in [5, 5.41) is 18.5. The number of rotatable bonds is 4. The molecule has 0 fully saturated rings. The van der Waals surface area contributed by atoms with Gasteiger partial charge in [0.25, 0.3) is 0 Å². The highest BCUT2D eigenvalue weighted by atomic mass is 16.6. The first-order valence-electron chi connectivity index (χ1n) is 6.11. The highest BCUT2D eigenvalue weighted by molar-refractivity contribution is 5.59. The van der Waals surface area contributed by atoms with Crippen molar-refractivity contribution < 1.29 is 4.92 Å². The maximum Gasteiger partial charge on any atom is 0.333 e. The van der Waals surface area contributed by atoms with Gasteiger partial charge in [0.15, 0.2) is 0 Å². The molecule has 1 rings (SSSR count). The summed E-state index contributed by atoms with van der Waals surface area (Å²) in [6.07, 6.45) is 0. The van der Waals surface area contributed by atoms with E-state index in [-0.39, 0.29) is 22.1 Å². The summed E-state index contributed by atoms with van der Waals surface area (Å²) in [5.74, 6) is 0.502. The van der Waals surface area contributed by atoms with E-state index in [1.54, 1.807) is 11.6 Å². The average Bonchev–Trinajstić information content (AvgIpc) is 2.51. The molecule has 0 saturated heterocycles. The Morgan fingerprint density at radius 2 is 2.00 bits per heavy atom. The molecule has 1 aromatic heterocycles. The fraction of sp³-hybridized carbons (Fsp3) is 0.750. The second-order valence-corrected chi connectivity index (χ2v) is 5.99. The van der Waals surface area contributed by atoms with E-state index in [4.69, 9.17) is 0 Å². The molecular formula is C12H22N4O2. The Kier molecular flexibility index (Phi) is 3.98. The molecular weight excluding hydrogens is 232 g/mol. The van der Waals surface area contributed by atoms with Crippen LogP contribution in [0.2, 0.25) is 0 Å². The van der Waals surface area contributed by atoms with E-state index in [0.717, 1.165) is 0 Å². The normalized spacial score (nSPS) is 11.9. The smallest absolute Gasteiger partial charge is 0.333 e. The lowest BCUT2D eigenvalue weighted by atomic mass is 9.97. The molecule has 0 aromatic carbocycles. The van der Waals surface area contributed by atoms with E-state index in [0.29, 0.717) is 18.1 Å². The van der Waals surface area contributed by atoms with Crippen LogP contribution in [0, 0.1) is 22.5 Å². The van der Waals surface area contributed by atoms with Crippen LogP contribution in [-0.2, 0) is 0 Å². The lowest BCUT2D eigenvalue weighted by Gasteiger charge is -2.20. The van der Waals surface area contributed by atoms with E-state index in [9.17, 15) is 10.1 Å². The van der Waals surface area contributed by atoms with Crippen LogP contribution >= 0.6 is 0 Å².